The Hall–Kier alpha value is -4.07. The third-order valence-corrected chi connectivity index (χ3v) is 5.98. The van der Waals surface area contributed by atoms with Crippen LogP contribution in [0, 0.1) is 11.3 Å². The number of amides is 1. The Morgan fingerprint density at radius 3 is 2.41 bits per heavy atom. The van der Waals surface area contributed by atoms with Crippen LogP contribution < -0.4 is 5.73 Å². The molecule has 1 heterocycles. The van der Waals surface area contributed by atoms with Crippen LogP contribution in [0.3, 0.4) is 0 Å². The predicted molar refractivity (Wildman–Crippen MR) is 129 cm³/mol. The predicted octanol–water partition coefficient (Wildman–Crippen LogP) is 6.13. The van der Waals surface area contributed by atoms with Gasteiger partial charge in [0.2, 0.25) is 5.91 Å². The number of nitriles is 1. The first kappa shape index (κ1) is 19.9. The molecule has 2 N–H and O–H groups in total. The van der Waals surface area contributed by atoms with Gasteiger partial charge in [0.25, 0.3) is 0 Å². The zero-order chi connectivity index (χ0) is 22.2. The van der Waals surface area contributed by atoms with Crippen molar-refractivity contribution in [2.45, 2.75) is 6.54 Å². The van der Waals surface area contributed by atoms with Crippen LogP contribution in [-0.4, -0.2) is 10.5 Å². The number of nitrogens with two attached hydrogens (primary N) is 1. The van der Waals surface area contributed by atoms with E-state index >= 15 is 0 Å². The average Bonchev–Trinajstić information content (AvgIpc) is 3.12. The highest BCUT2D eigenvalue weighted by Crippen LogP contribution is 2.35. The molecule has 154 valence electrons. The zero-order valence-corrected chi connectivity index (χ0v) is 17.8. The van der Waals surface area contributed by atoms with Crippen molar-refractivity contribution in [2.75, 3.05) is 0 Å². The first-order valence-corrected chi connectivity index (χ1v) is 10.5. The van der Waals surface area contributed by atoms with E-state index in [-0.39, 0.29) is 0 Å². The molecular formula is C27H18ClN3O. The molecule has 1 amide bonds. The number of nitrogens with zero attached hydrogens (tertiary/aromatic N) is 2. The lowest BCUT2D eigenvalue weighted by atomic mass is 10.0. The van der Waals surface area contributed by atoms with E-state index in [0.717, 1.165) is 38.5 Å². The smallest absolute Gasteiger partial charge is 0.249 e. The van der Waals surface area contributed by atoms with Crippen molar-refractivity contribution in [2.24, 2.45) is 5.73 Å². The molecule has 32 heavy (non-hydrogen) atoms. The molecule has 0 saturated heterocycles. The molecule has 4 nitrogen and oxygen atoms in total. The number of hydrogen-bond acceptors (Lipinski definition) is 2. The van der Waals surface area contributed by atoms with Crippen LogP contribution in [0.25, 0.3) is 32.9 Å². The second-order valence-electron chi connectivity index (χ2n) is 7.70. The number of rotatable bonds is 4. The maximum atomic E-state index is 12.2. The molecule has 0 saturated carbocycles. The summed E-state index contributed by atoms with van der Waals surface area (Å²) in [4.78, 5) is 12.2. The third-order valence-electron chi connectivity index (χ3n) is 5.73. The maximum Gasteiger partial charge on any atom is 0.249 e. The Morgan fingerprint density at radius 2 is 1.66 bits per heavy atom. The van der Waals surface area contributed by atoms with Crippen molar-refractivity contribution in [3.8, 4) is 17.2 Å². The fourth-order valence-electron chi connectivity index (χ4n) is 4.26. The lowest BCUT2D eigenvalue weighted by Gasteiger charge is -2.10. The van der Waals surface area contributed by atoms with Crippen LogP contribution in [-0.2, 0) is 6.54 Å². The van der Waals surface area contributed by atoms with Crippen LogP contribution in [0.4, 0.5) is 0 Å². The molecule has 0 radical (unpaired) electrons. The Kier molecular flexibility index (Phi) is 4.89. The van der Waals surface area contributed by atoms with Crippen LogP contribution in [0.2, 0.25) is 5.02 Å². The number of carbonyl (C=O) groups excluding carboxylic acids is 1. The van der Waals surface area contributed by atoms with Gasteiger partial charge >= 0.3 is 0 Å². The summed E-state index contributed by atoms with van der Waals surface area (Å²) < 4.78 is 2.17. The number of carbonyl (C=O) groups is 1. The summed E-state index contributed by atoms with van der Waals surface area (Å²) >= 11 is 6.06. The normalized spacial score (nSPS) is 11.0. The molecule has 0 spiro atoms. The van der Waals surface area contributed by atoms with Crippen LogP contribution in [0.1, 0.15) is 21.5 Å². The van der Waals surface area contributed by atoms with E-state index in [9.17, 15) is 10.1 Å². The number of primary amides is 1. The molecule has 1 aromatic heterocycles. The van der Waals surface area contributed by atoms with E-state index in [0.29, 0.717) is 22.7 Å². The molecule has 5 aromatic rings. The fourth-order valence-corrected chi connectivity index (χ4v) is 4.39. The summed E-state index contributed by atoms with van der Waals surface area (Å²) in [6.07, 6.45) is 0. The molecular weight excluding hydrogens is 418 g/mol. The van der Waals surface area contributed by atoms with Gasteiger partial charge in [0.1, 0.15) is 0 Å². The lowest BCUT2D eigenvalue weighted by Crippen LogP contribution is -2.11. The summed E-state index contributed by atoms with van der Waals surface area (Å²) in [7, 11) is 0. The molecule has 0 atom stereocenters. The second-order valence-corrected chi connectivity index (χ2v) is 8.14. The fraction of sp³-hybridized carbons (Fsp3) is 0.0370. The lowest BCUT2D eigenvalue weighted by molar-refractivity contribution is 0.100. The van der Waals surface area contributed by atoms with Gasteiger partial charge in [-0.05, 0) is 59.2 Å². The summed E-state index contributed by atoms with van der Waals surface area (Å²) in [6, 6.07) is 29.3. The van der Waals surface area contributed by atoms with Crippen molar-refractivity contribution in [1.82, 2.24) is 4.57 Å². The minimum absolute atomic E-state index is 0.456. The number of aromatic nitrogens is 1. The molecule has 0 aliphatic carbocycles. The minimum Gasteiger partial charge on any atom is -0.366 e. The Bertz CT molecular complexity index is 1540. The molecule has 5 heteroatoms. The van der Waals surface area contributed by atoms with Gasteiger partial charge in [-0.3, -0.25) is 4.79 Å². The highest BCUT2D eigenvalue weighted by molar-refractivity contribution is 6.30. The molecule has 0 aliphatic heterocycles. The van der Waals surface area contributed by atoms with Gasteiger partial charge in [-0.25, -0.2) is 0 Å². The van der Waals surface area contributed by atoms with Crippen molar-refractivity contribution >= 4 is 39.3 Å². The van der Waals surface area contributed by atoms with Gasteiger partial charge in [-0.15, -0.1) is 0 Å². The van der Waals surface area contributed by atoms with E-state index in [1.54, 1.807) is 12.1 Å². The summed E-state index contributed by atoms with van der Waals surface area (Å²) in [5, 5.41) is 11.8. The number of benzene rings is 4. The SMILES string of the molecule is N#Cc1cccc(Cn2c3cc(-c4ccc(Cl)cc4)ccc3c3c(C(N)=O)cccc32)c1. The van der Waals surface area contributed by atoms with E-state index < -0.39 is 5.91 Å². The highest BCUT2D eigenvalue weighted by Gasteiger charge is 2.17. The van der Waals surface area contributed by atoms with Crippen molar-refractivity contribution in [1.29, 1.82) is 5.26 Å². The first-order chi connectivity index (χ1) is 15.5. The number of fused-ring (bicyclic) bond motifs is 3. The quantitative estimate of drug-likeness (QED) is 0.368. The summed E-state index contributed by atoms with van der Waals surface area (Å²) in [5.74, 6) is -0.456. The van der Waals surface area contributed by atoms with Gasteiger partial charge in [0, 0.05) is 27.9 Å². The van der Waals surface area contributed by atoms with Gasteiger partial charge in [0.15, 0.2) is 0 Å². The number of halogens is 1. The molecule has 0 bridgehead atoms. The number of hydrogen-bond donors (Lipinski definition) is 1. The first-order valence-electron chi connectivity index (χ1n) is 10.1. The van der Waals surface area contributed by atoms with Crippen LogP contribution >= 0.6 is 11.6 Å². The maximum absolute atomic E-state index is 12.2. The van der Waals surface area contributed by atoms with Gasteiger partial charge in [-0.1, -0.05) is 54.1 Å². The molecule has 0 unspecified atom stereocenters. The summed E-state index contributed by atoms with van der Waals surface area (Å²) in [5.41, 5.74) is 11.8. The van der Waals surface area contributed by atoms with Crippen molar-refractivity contribution in [3.05, 3.63) is 107 Å². The van der Waals surface area contributed by atoms with Crippen molar-refractivity contribution < 1.29 is 4.79 Å². The molecule has 4 aromatic carbocycles. The molecule has 0 aliphatic rings. The van der Waals surface area contributed by atoms with E-state index in [1.807, 2.05) is 66.7 Å². The molecule has 0 fully saturated rings. The Labute approximate surface area is 190 Å². The average molecular weight is 436 g/mol. The van der Waals surface area contributed by atoms with Crippen molar-refractivity contribution in [3.63, 3.8) is 0 Å². The van der Waals surface area contributed by atoms with Gasteiger partial charge < -0.3 is 10.3 Å². The second kappa shape index (κ2) is 7.88. The van der Waals surface area contributed by atoms with E-state index in [4.69, 9.17) is 17.3 Å². The Morgan fingerprint density at radius 1 is 0.906 bits per heavy atom. The summed E-state index contributed by atoms with van der Waals surface area (Å²) in [6.45, 7) is 0.557. The zero-order valence-electron chi connectivity index (χ0n) is 17.0. The third kappa shape index (κ3) is 3.39. The monoisotopic (exact) mass is 435 g/mol. The topological polar surface area (TPSA) is 71.8 Å². The van der Waals surface area contributed by atoms with E-state index in [1.165, 1.54) is 0 Å². The highest BCUT2D eigenvalue weighted by atomic mass is 35.5. The largest absolute Gasteiger partial charge is 0.366 e. The Balaban J connectivity index is 1.79. The van der Waals surface area contributed by atoms with Gasteiger partial charge in [-0.2, -0.15) is 5.26 Å². The standard InChI is InChI=1S/C27H18ClN3O/c28-21-10-7-19(8-11-21)20-9-12-22-25(14-20)31(16-18-4-1-3-17(13-18)15-29)24-6-2-5-23(26(22)24)27(30)32/h1-14H,16H2,(H2,30,32). The van der Waals surface area contributed by atoms with E-state index in [2.05, 4.69) is 16.7 Å². The van der Waals surface area contributed by atoms with Crippen LogP contribution in [0.5, 0.6) is 0 Å². The minimum atomic E-state index is -0.456. The van der Waals surface area contributed by atoms with Crippen LogP contribution in [0.15, 0.2) is 84.9 Å². The van der Waals surface area contributed by atoms with Gasteiger partial charge in [0.05, 0.1) is 22.7 Å². The molecule has 5 rings (SSSR count).